The molecule has 1 heterocycles. The van der Waals surface area contributed by atoms with Crippen LogP contribution in [0, 0.1) is 13.8 Å². The van der Waals surface area contributed by atoms with Crippen LogP contribution in [0.1, 0.15) is 23.6 Å². The highest BCUT2D eigenvalue weighted by Crippen LogP contribution is 2.23. The number of aliphatic hydroxyl groups is 1. The number of aliphatic hydroxyl groups excluding tert-OH is 1. The van der Waals surface area contributed by atoms with Crippen LogP contribution < -0.4 is 9.47 Å². The molecule has 1 aliphatic heterocycles. The minimum Gasteiger partial charge on any atom is -0.492 e. The highest BCUT2D eigenvalue weighted by molar-refractivity contribution is 5.33. The van der Waals surface area contributed by atoms with E-state index in [-0.39, 0.29) is 6.10 Å². The van der Waals surface area contributed by atoms with E-state index in [1.54, 1.807) is 0 Å². The maximum absolute atomic E-state index is 10.5. The molecule has 0 radical (unpaired) electrons. The van der Waals surface area contributed by atoms with Crippen LogP contribution in [0.2, 0.25) is 0 Å². The smallest absolute Gasteiger partial charge is 0.138 e. The lowest BCUT2D eigenvalue weighted by atomic mass is 10.1. The summed E-state index contributed by atoms with van der Waals surface area (Å²) in [6.07, 6.45) is -0.683. The molecule has 1 saturated heterocycles. The van der Waals surface area contributed by atoms with E-state index in [1.165, 1.54) is 16.7 Å². The molecule has 3 atom stereocenters. The number of ether oxygens (including phenoxy) is 2. The van der Waals surface area contributed by atoms with Crippen molar-refractivity contribution in [1.82, 2.24) is 9.80 Å². The van der Waals surface area contributed by atoms with Crippen molar-refractivity contribution in [1.29, 1.82) is 0 Å². The Morgan fingerprint density at radius 3 is 2.31 bits per heavy atom. The van der Waals surface area contributed by atoms with E-state index in [0.717, 1.165) is 18.0 Å². The summed E-state index contributed by atoms with van der Waals surface area (Å²) < 4.78 is 12.0. The highest BCUT2D eigenvalue weighted by atomic mass is 16.5. The fourth-order valence-corrected chi connectivity index (χ4v) is 3.57. The molecular formula is C24H34N2O3. The van der Waals surface area contributed by atoms with Crippen LogP contribution >= 0.6 is 0 Å². The number of β-amino-alcohol motifs (C(OH)–C–C–N with tert-alkyl or cyclic N) is 1. The number of hydrogen-bond acceptors (Lipinski definition) is 5. The predicted octanol–water partition coefficient (Wildman–Crippen LogP) is 3.26. The highest BCUT2D eigenvalue weighted by Gasteiger charge is 2.33. The van der Waals surface area contributed by atoms with Crippen molar-refractivity contribution in [2.75, 3.05) is 33.8 Å². The number of benzene rings is 2. The number of hydrogen-bond donors (Lipinski definition) is 1. The van der Waals surface area contributed by atoms with Gasteiger partial charge in [-0.05, 0) is 75.8 Å². The average Bonchev–Trinajstić information content (AvgIpc) is 2.98. The van der Waals surface area contributed by atoms with E-state index >= 15 is 0 Å². The molecule has 1 N–H and O–H groups in total. The molecule has 0 aromatic heterocycles. The van der Waals surface area contributed by atoms with Crippen LogP contribution in [0.25, 0.3) is 0 Å². The van der Waals surface area contributed by atoms with Gasteiger partial charge in [0.2, 0.25) is 0 Å². The van der Waals surface area contributed by atoms with Crippen molar-refractivity contribution >= 4 is 0 Å². The Kier molecular flexibility index (Phi) is 7.17. The first kappa shape index (κ1) is 21.6. The number of likely N-dealkylation sites (tertiary alicyclic amines) is 1. The minimum atomic E-state index is -0.481. The Labute approximate surface area is 174 Å². The van der Waals surface area contributed by atoms with Gasteiger partial charge < -0.3 is 19.5 Å². The zero-order valence-corrected chi connectivity index (χ0v) is 18.3. The number of likely N-dealkylation sites (N-methyl/N-ethyl adjacent to an activating group) is 1. The van der Waals surface area contributed by atoms with Gasteiger partial charge in [0.05, 0.1) is 0 Å². The summed E-state index contributed by atoms with van der Waals surface area (Å²) >= 11 is 0. The molecule has 3 rings (SSSR count). The van der Waals surface area contributed by atoms with Crippen molar-refractivity contribution in [3.63, 3.8) is 0 Å². The number of aryl methyl sites for hydroxylation is 2. The molecule has 5 nitrogen and oxygen atoms in total. The van der Waals surface area contributed by atoms with Crippen LogP contribution in [-0.2, 0) is 6.54 Å². The summed E-state index contributed by atoms with van der Waals surface area (Å²) in [4.78, 5) is 4.38. The molecule has 0 saturated carbocycles. The molecule has 29 heavy (non-hydrogen) atoms. The van der Waals surface area contributed by atoms with E-state index in [9.17, 15) is 5.11 Å². The molecule has 5 heteroatoms. The van der Waals surface area contributed by atoms with Gasteiger partial charge in [-0.3, -0.25) is 4.90 Å². The monoisotopic (exact) mass is 398 g/mol. The van der Waals surface area contributed by atoms with Crippen molar-refractivity contribution in [2.45, 2.75) is 45.6 Å². The lowest BCUT2D eigenvalue weighted by Crippen LogP contribution is -2.30. The van der Waals surface area contributed by atoms with Crippen LogP contribution in [0.4, 0.5) is 0 Å². The first-order valence-electron chi connectivity index (χ1n) is 10.3. The van der Waals surface area contributed by atoms with Gasteiger partial charge in [0.25, 0.3) is 0 Å². The summed E-state index contributed by atoms with van der Waals surface area (Å²) in [6, 6.07) is 14.8. The number of rotatable bonds is 8. The molecule has 1 fully saturated rings. The first-order chi connectivity index (χ1) is 13.8. The molecule has 2 aromatic carbocycles. The fraction of sp³-hybridized carbons (Fsp3) is 0.500. The Morgan fingerprint density at radius 2 is 1.69 bits per heavy atom. The summed E-state index contributed by atoms with van der Waals surface area (Å²) in [5.41, 5.74) is 3.55. The molecule has 1 aliphatic rings. The quantitative estimate of drug-likeness (QED) is 0.740. The third-order valence-electron chi connectivity index (χ3n) is 5.50. The van der Waals surface area contributed by atoms with Crippen LogP contribution in [0.5, 0.6) is 11.5 Å². The van der Waals surface area contributed by atoms with Gasteiger partial charge in [0.15, 0.2) is 0 Å². The van der Waals surface area contributed by atoms with Crippen molar-refractivity contribution in [2.24, 2.45) is 0 Å². The Bertz CT molecular complexity index is 771. The van der Waals surface area contributed by atoms with Crippen LogP contribution in [0.3, 0.4) is 0 Å². The average molecular weight is 399 g/mol. The van der Waals surface area contributed by atoms with Gasteiger partial charge in [-0.25, -0.2) is 0 Å². The van der Waals surface area contributed by atoms with E-state index in [4.69, 9.17) is 9.47 Å². The van der Waals surface area contributed by atoms with Gasteiger partial charge in [0.1, 0.15) is 30.3 Å². The van der Waals surface area contributed by atoms with Gasteiger partial charge in [-0.2, -0.15) is 0 Å². The maximum Gasteiger partial charge on any atom is 0.138 e. The summed E-state index contributed by atoms with van der Waals surface area (Å²) in [7, 11) is 4.11. The predicted molar refractivity (Wildman–Crippen MR) is 117 cm³/mol. The zero-order valence-electron chi connectivity index (χ0n) is 18.3. The minimum absolute atomic E-state index is 0.202. The zero-order chi connectivity index (χ0) is 21.0. The SMILES string of the molecule is Cc1cc(C)cc(O[C@H]2CN(Cc3ccc(OC[C@H](C)N(C)C)cc3)C[C@@H]2O)c1. The number of nitrogens with zero attached hydrogens (tertiary/aromatic N) is 2. The van der Waals surface area contributed by atoms with Crippen molar-refractivity contribution in [3.05, 3.63) is 59.2 Å². The van der Waals surface area contributed by atoms with Gasteiger partial charge in [-0.15, -0.1) is 0 Å². The molecule has 0 aliphatic carbocycles. The molecule has 0 amide bonds. The van der Waals surface area contributed by atoms with E-state index in [2.05, 4.69) is 62.9 Å². The molecule has 0 unspecified atom stereocenters. The fourth-order valence-electron chi connectivity index (χ4n) is 3.57. The second-order valence-electron chi connectivity index (χ2n) is 8.51. The third-order valence-corrected chi connectivity index (χ3v) is 5.50. The molecular weight excluding hydrogens is 364 g/mol. The molecule has 0 spiro atoms. The second-order valence-corrected chi connectivity index (χ2v) is 8.51. The third kappa shape index (κ3) is 6.20. The Balaban J connectivity index is 1.52. The van der Waals surface area contributed by atoms with E-state index in [1.807, 2.05) is 24.3 Å². The standard InChI is InChI=1S/C24H34N2O3/c1-17-10-18(2)12-22(11-17)29-24-15-26(14-23(24)27)13-20-6-8-21(9-7-20)28-16-19(3)25(4)5/h6-12,19,23-24,27H,13-16H2,1-5H3/t19-,23-,24-/m0/s1. The van der Waals surface area contributed by atoms with Crippen molar-refractivity contribution in [3.8, 4) is 11.5 Å². The summed E-state index contributed by atoms with van der Waals surface area (Å²) in [6.45, 7) is 9.06. The molecule has 0 bridgehead atoms. The summed E-state index contributed by atoms with van der Waals surface area (Å²) in [5.74, 6) is 1.72. The maximum atomic E-state index is 10.5. The Morgan fingerprint density at radius 1 is 1.03 bits per heavy atom. The normalized spacial score (nSPS) is 20.8. The van der Waals surface area contributed by atoms with E-state index < -0.39 is 6.10 Å². The topological polar surface area (TPSA) is 45.2 Å². The van der Waals surface area contributed by atoms with Crippen molar-refractivity contribution < 1.29 is 14.6 Å². The van der Waals surface area contributed by atoms with Crippen LogP contribution in [0.15, 0.2) is 42.5 Å². The van der Waals surface area contributed by atoms with Gasteiger partial charge >= 0.3 is 0 Å². The first-order valence-corrected chi connectivity index (χ1v) is 10.3. The molecule has 2 aromatic rings. The van der Waals surface area contributed by atoms with E-state index in [0.29, 0.717) is 25.7 Å². The lowest BCUT2D eigenvalue weighted by Gasteiger charge is -2.20. The van der Waals surface area contributed by atoms with Crippen LogP contribution in [-0.4, -0.2) is 66.9 Å². The lowest BCUT2D eigenvalue weighted by molar-refractivity contribution is 0.0736. The second kappa shape index (κ2) is 9.61. The molecule has 158 valence electrons. The Hall–Kier alpha value is -2.08. The summed E-state index contributed by atoms with van der Waals surface area (Å²) in [5, 5.41) is 10.5. The largest absolute Gasteiger partial charge is 0.492 e. The van der Waals surface area contributed by atoms with Gasteiger partial charge in [-0.1, -0.05) is 18.2 Å². The van der Waals surface area contributed by atoms with Gasteiger partial charge in [0, 0.05) is 25.7 Å².